The molecule has 5 nitrogen and oxygen atoms in total. The van der Waals surface area contributed by atoms with Gasteiger partial charge in [-0.3, -0.25) is 9.59 Å². The molecule has 2 aromatic rings. The highest BCUT2D eigenvalue weighted by Crippen LogP contribution is 2.35. The second-order valence-corrected chi connectivity index (χ2v) is 6.32. The van der Waals surface area contributed by atoms with Crippen LogP contribution in [-0.4, -0.2) is 17.0 Å². The molecule has 0 saturated heterocycles. The molecule has 0 spiro atoms. The van der Waals surface area contributed by atoms with Gasteiger partial charge in [-0.1, -0.05) is 36.4 Å². The number of aryl methyl sites for hydroxylation is 1. The molecule has 5 heteroatoms. The largest absolute Gasteiger partial charge is 0.481 e. The number of carbonyl (C=O) groups excluding carboxylic acids is 1. The van der Waals surface area contributed by atoms with Crippen molar-refractivity contribution in [1.29, 1.82) is 0 Å². The monoisotopic (exact) mass is 339 g/mol. The van der Waals surface area contributed by atoms with Crippen molar-refractivity contribution in [3.63, 3.8) is 0 Å². The van der Waals surface area contributed by atoms with Crippen molar-refractivity contribution in [2.75, 3.05) is 0 Å². The first-order valence-electron chi connectivity index (χ1n) is 8.38. The van der Waals surface area contributed by atoms with Gasteiger partial charge in [0.15, 0.2) is 0 Å². The van der Waals surface area contributed by atoms with Gasteiger partial charge in [-0.2, -0.15) is 0 Å². The number of hydrogen-bond donors (Lipinski definition) is 2. The molecule has 1 saturated carbocycles. The molecule has 0 aromatic heterocycles. The van der Waals surface area contributed by atoms with Gasteiger partial charge in [0.1, 0.15) is 11.5 Å². The summed E-state index contributed by atoms with van der Waals surface area (Å²) < 4.78 is 5.99. The van der Waals surface area contributed by atoms with E-state index >= 15 is 0 Å². The minimum absolute atomic E-state index is 0.204. The molecule has 1 aliphatic rings. The summed E-state index contributed by atoms with van der Waals surface area (Å²) in [6, 6.07) is 15.3. The minimum Gasteiger partial charge on any atom is -0.481 e. The normalized spacial score (nSPS) is 18.9. The predicted octanol–water partition coefficient (Wildman–Crippen LogP) is 3.51. The van der Waals surface area contributed by atoms with Crippen LogP contribution in [0.3, 0.4) is 0 Å². The van der Waals surface area contributed by atoms with Crippen LogP contribution in [0, 0.1) is 18.8 Å². The molecule has 3 rings (SSSR count). The minimum atomic E-state index is -0.894. The fraction of sp³-hybridized carbons (Fsp3) is 0.300. The third-order valence-corrected chi connectivity index (χ3v) is 4.67. The molecule has 2 aromatic carbocycles. The van der Waals surface area contributed by atoms with Crippen LogP contribution in [0.4, 0.5) is 0 Å². The number of hydrogen-bond acceptors (Lipinski definition) is 3. The molecule has 0 bridgehead atoms. The average Bonchev–Trinajstić information content (AvgIpc) is 2.54. The van der Waals surface area contributed by atoms with E-state index in [0.717, 1.165) is 16.9 Å². The fourth-order valence-electron chi connectivity index (χ4n) is 2.96. The molecule has 130 valence electrons. The highest BCUT2D eigenvalue weighted by Gasteiger charge is 2.41. The Morgan fingerprint density at radius 3 is 2.32 bits per heavy atom. The van der Waals surface area contributed by atoms with Crippen LogP contribution in [0.1, 0.15) is 24.0 Å². The Bertz CT molecular complexity index is 787. The van der Waals surface area contributed by atoms with Gasteiger partial charge in [-0.05, 0) is 37.5 Å². The highest BCUT2D eigenvalue weighted by molar-refractivity contribution is 5.86. The Kier molecular flexibility index (Phi) is 5.03. The zero-order chi connectivity index (χ0) is 17.8. The second-order valence-electron chi connectivity index (χ2n) is 6.32. The number of carboxylic acid groups (broad SMARTS) is 1. The van der Waals surface area contributed by atoms with Crippen LogP contribution in [0.5, 0.6) is 11.5 Å². The average molecular weight is 339 g/mol. The van der Waals surface area contributed by atoms with Gasteiger partial charge < -0.3 is 15.2 Å². The highest BCUT2D eigenvalue weighted by atomic mass is 16.5. The zero-order valence-corrected chi connectivity index (χ0v) is 14.1. The SMILES string of the molecule is Cc1ccccc1Oc1ccccc1CNC(=O)C1CCC1C(=O)O. The van der Waals surface area contributed by atoms with E-state index in [-0.39, 0.29) is 5.91 Å². The van der Waals surface area contributed by atoms with Gasteiger partial charge in [0, 0.05) is 12.1 Å². The summed E-state index contributed by atoms with van der Waals surface area (Å²) >= 11 is 0. The molecule has 1 amide bonds. The molecule has 2 atom stereocenters. The number of para-hydroxylation sites is 2. The first kappa shape index (κ1) is 17.0. The Labute approximate surface area is 146 Å². The Balaban J connectivity index is 1.66. The van der Waals surface area contributed by atoms with Crippen molar-refractivity contribution >= 4 is 11.9 Å². The van der Waals surface area contributed by atoms with Crippen LogP contribution < -0.4 is 10.1 Å². The number of rotatable bonds is 6. The number of aliphatic carboxylic acids is 1. The summed E-state index contributed by atoms with van der Waals surface area (Å²) in [6.07, 6.45) is 1.20. The number of nitrogens with one attached hydrogen (secondary N) is 1. The third-order valence-electron chi connectivity index (χ3n) is 4.67. The van der Waals surface area contributed by atoms with Crippen LogP contribution in [-0.2, 0) is 16.1 Å². The molecule has 25 heavy (non-hydrogen) atoms. The number of carboxylic acids is 1. The van der Waals surface area contributed by atoms with Crippen molar-refractivity contribution in [1.82, 2.24) is 5.32 Å². The molecule has 0 aliphatic heterocycles. The van der Waals surface area contributed by atoms with E-state index < -0.39 is 17.8 Å². The van der Waals surface area contributed by atoms with E-state index in [1.54, 1.807) is 0 Å². The van der Waals surface area contributed by atoms with Crippen LogP contribution in [0.25, 0.3) is 0 Å². The lowest BCUT2D eigenvalue weighted by Crippen LogP contribution is -2.43. The standard InChI is InChI=1S/C20H21NO4/c1-13-6-2-4-8-17(13)25-18-9-5-3-7-14(18)12-21-19(22)15-10-11-16(15)20(23)24/h2-9,15-16H,10-12H2,1H3,(H,21,22)(H,23,24). The van der Waals surface area contributed by atoms with Crippen molar-refractivity contribution in [2.45, 2.75) is 26.3 Å². The quantitative estimate of drug-likeness (QED) is 0.844. The second kappa shape index (κ2) is 7.38. The summed E-state index contributed by atoms with van der Waals surface area (Å²) in [4.78, 5) is 23.3. The van der Waals surface area contributed by atoms with E-state index in [9.17, 15) is 9.59 Å². The zero-order valence-electron chi connectivity index (χ0n) is 14.1. The van der Waals surface area contributed by atoms with Gasteiger partial charge in [0.25, 0.3) is 0 Å². The van der Waals surface area contributed by atoms with Gasteiger partial charge in [0.2, 0.25) is 5.91 Å². The van der Waals surface area contributed by atoms with Crippen molar-refractivity contribution in [3.8, 4) is 11.5 Å². The maximum atomic E-state index is 12.2. The number of amides is 1. The summed E-state index contributed by atoms with van der Waals surface area (Å²) in [5.41, 5.74) is 1.88. The van der Waals surface area contributed by atoms with Gasteiger partial charge in [-0.25, -0.2) is 0 Å². The molecule has 0 radical (unpaired) electrons. The van der Waals surface area contributed by atoms with E-state index in [4.69, 9.17) is 9.84 Å². The number of carbonyl (C=O) groups is 2. The predicted molar refractivity (Wildman–Crippen MR) is 93.4 cm³/mol. The van der Waals surface area contributed by atoms with E-state index in [2.05, 4.69) is 5.32 Å². The van der Waals surface area contributed by atoms with Crippen molar-refractivity contribution in [2.24, 2.45) is 11.8 Å². The maximum Gasteiger partial charge on any atom is 0.307 e. The molecular formula is C20H21NO4. The maximum absolute atomic E-state index is 12.2. The van der Waals surface area contributed by atoms with Crippen LogP contribution in [0.2, 0.25) is 0 Å². The summed E-state index contributed by atoms with van der Waals surface area (Å²) in [6.45, 7) is 2.28. The lowest BCUT2D eigenvalue weighted by molar-refractivity contribution is -0.152. The lowest BCUT2D eigenvalue weighted by atomic mass is 9.73. The van der Waals surface area contributed by atoms with Crippen molar-refractivity contribution < 1.29 is 19.4 Å². The van der Waals surface area contributed by atoms with Crippen LogP contribution >= 0.6 is 0 Å². The van der Waals surface area contributed by atoms with E-state index in [1.807, 2.05) is 55.5 Å². The smallest absolute Gasteiger partial charge is 0.307 e. The topological polar surface area (TPSA) is 75.6 Å². The molecule has 0 heterocycles. The Morgan fingerprint density at radius 2 is 1.68 bits per heavy atom. The number of ether oxygens (including phenoxy) is 1. The Hall–Kier alpha value is -2.82. The first-order valence-corrected chi connectivity index (χ1v) is 8.38. The molecule has 2 unspecified atom stereocenters. The molecule has 2 N–H and O–H groups in total. The van der Waals surface area contributed by atoms with Crippen LogP contribution in [0.15, 0.2) is 48.5 Å². The molecule has 1 aliphatic carbocycles. The molecule has 1 fully saturated rings. The molecular weight excluding hydrogens is 318 g/mol. The third kappa shape index (κ3) is 3.82. The van der Waals surface area contributed by atoms with Crippen molar-refractivity contribution in [3.05, 3.63) is 59.7 Å². The summed E-state index contributed by atoms with van der Waals surface area (Å²) in [5, 5.41) is 11.9. The van der Waals surface area contributed by atoms with Gasteiger partial charge >= 0.3 is 5.97 Å². The first-order chi connectivity index (χ1) is 12.1. The summed E-state index contributed by atoms with van der Waals surface area (Å²) in [7, 11) is 0. The van der Waals surface area contributed by atoms with Gasteiger partial charge in [0.05, 0.1) is 11.8 Å². The Morgan fingerprint density at radius 1 is 1.04 bits per heavy atom. The number of benzene rings is 2. The van der Waals surface area contributed by atoms with E-state index in [1.165, 1.54) is 0 Å². The summed E-state index contributed by atoms with van der Waals surface area (Å²) in [5.74, 6) is -0.633. The van der Waals surface area contributed by atoms with E-state index in [0.29, 0.717) is 25.1 Å². The lowest BCUT2D eigenvalue weighted by Gasteiger charge is -2.32. The fourth-order valence-corrected chi connectivity index (χ4v) is 2.96. The van der Waals surface area contributed by atoms with Gasteiger partial charge in [-0.15, -0.1) is 0 Å².